The lowest BCUT2D eigenvalue weighted by Crippen LogP contribution is -2.54. The molecule has 0 aliphatic carbocycles. The first kappa shape index (κ1) is 13.3. The van der Waals surface area contributed by atoms with Crippen molar-refractivity contribution in [1.82, 2.24) is 4.90 Å². The molecule has 0 bridgehead atoms. The van der Waals surface area contributed by atoms with Crippen LogP contribution in [0.3, 0.4) is 0 Å². The lowest BCUT2D eigenvalue weighted by atomic mass is 10.0. The van der Waals surface area contributed by atoms with Crippen LogP contribution in [0.25, 0.3) is 0 Å². The van der Waals surface area contributed by atoms with E-state index >= 15 is 0 Å². The molecule has 0 saturated carbocycles. The second kappa shape index (κ2) is 4.55. The molecule has 1 saturated heterocycles. The molecule has 1 fully saturated rings. The Kier molecular flexibility index (Phi) is 2.74. The Balaban J connectivity index is 1.83. The van der Waals surface area contributed by atoms with Crippen LogP contribution in [0.4, 0.5) is 10.5 Å². The van der Waals surface area contributed by atoms with Gasteiger partial charge in [-0.25, -0.2) is 4.79 Å². The van der Waals surface area contributed by atoms with Gasteiger partial charge >= 0.3 is 11.9 Å². The first-order valence-corrected chi connectivity index (χ1v) is 7.25. The van der Waals surface area contributed by atoms with Gasteiger partial charge in [-0.15, -0.1) is 0 Å². The van der Waals surface area contributed by atoms with Crippen molar-refractivity contribution in [1.29, 1.82) is 0 Å². The number of carbonyl (C=O) groups is 1. The van der Waals surface area contributed by atoms with Gasteiger partial charge in [0, 0.05) is 17.6 Å². The molecule has 2 aromatic carbocycles. The van der Waals surface area contributed by atoms with E-state index in [0.717, 1.165) is 5.69 Å². The second-order valence-electron chi connectivity index (χ2n) is 5.26. The lowest BCUT2D eigenvalue weighted by Gasteiger charge is -2.32. The fraction of sp³-hybridized carbons (Fsp3) is 0.188. The highest BCUT2D eigenvalue weighted by atomic mass is 35.5. The molecule has 0 radical (unpaired) electrons. The monoisotopic (exact) mass is 316 g/mol. The molecular weight excluding hydrogens is 304 g/mol. The van der Waals surface area contributed by atoms with Gasteiger partial charge in [0.05, 0.1) is 5.69 Å². The average molecular weight is 317 g/mol. The number of rotatable bonds is 1. The minimum Gasteiger partial charge on any atom is -0.444 e. The highest BCUT2D eigenvalue weighted by Crippen LogP contribution is 2.49. The molecular formula is C16H13ClN2O3. The predicted octanol–water partition coefficient (Wildman–Crippen LogP) is 3.62. The van der Waals surface area contributed by atoms with Crippen LogP contribution in [0.15, 0.2) is 48.5 Å². The molecule has 0 aromatic heterocycles. The topological polar surface area (TPSA) is 50.8 Å². The molecule has 4 rings (SSSR count). The molecule has 112 valence electrons. The van der Waals surface area contributed by atoms with Crippen LogP contribution < -0.4 is 10.1 Å². The molecule has 5 nitrogen and oxygen atoms in total. The number of nitrogens with one attached hydrogen (secondary N) is 1. The van der Waals surface area contributed by atoms with E-state index < -0.39 is 18.0 Å². The van der Waals surface area contributed by atoms with E-state index in [-0.39, 0.29) is 0 Å². The molecule has 1 amide bonds. The molecule has 2 unspecified atom stereocenters. The highest BCUT2D eigenvalue weighted by molar-refractivity contribution is 6.31. The molecule has 2 aliphatic heterocycles. The highest BCUT2D eigenvalue weighted by Gasteiger charge is 2.60. The van der Waals surface area contributed by atoms with Gasteiger partial charge in [-0.3, -0.25) is 4.90 Å². The van der Waals surface area contributed by atoms with Gasteiger partial charge in [0.15, 0.2) is 0 Å². The number of nitrogens with zero attached hydrogens (tertiary/aromatic N) is 1. The smallest absolute Gasteiger partial charge is 0.415 e. The van der Waals surface area contributed by atoms with E-state index in [9.17, 15) is 4.79 Å². The Labute approximate surface area is 132 Å². The summed E-state index contributed by atoms with van der Waals surface area (Å²) in [5.41, 5.74) is 1.51. The summed E-state index contributed by atoms with van der Waals surface area (Å²) in [5, 5.41) is 3.79. The molecule has 2 atom stereocenters. The largest absolute Gasteiger partial charge is 0.444 e. The second-order valence-corrected chi connectivity index (χ2v) is 5.67. The van der Waals surface area contributed by atoms with E-state index in [1.54, 1.807) is 13.1 Å². The van der Waals surface area contributed by atoms with Crippen molar-refractivity contribution < 1.29 is 14.3 Å². The van der Waals surface area contributed by atoms with Crippen LogP contribution in [0.1, 0.15) is 11.7 Å². The van der Waals surface area contributed by atoms with Gasteiger partial charge in [-0.05, 0) is 18.2 Å². The van der Waals surface area contributed by atoms with Crippen molar-refractivity contribution >= 4 is 23.4 Å². The molecule has 2 aromatic rings. The third kappa shape index (κ3) is 1.69. The lowest BCUT2D eigenvalue weighted by molar-refractivity contribution is -0.0330. The number of amides is 1. The summed E-state index contributed by atoms with van der Waals surface area (Å²) < 4.78 is 11.6. The van der Waals surface area contributed by atoms with E-state index in [1.165, 1.54) is 4.90 Å². The zero-order chi connectivity index (χ0) is 15.3. The normalized spacial score (nSPS) is 25.6. The van der Waals surface area contributed by atoms with Crippen molar-refractivity contribution in [3.63, 3.8) is 0 Å². The van der Waals surface area contributed by atoms with E-state index in [2.05, 4.69) is 5.32 Å². The van der Waals surface area contributed by atoms with Gasteiger partial charge in [0.1, 0.15) is 5.75 Å². The average Bonchev–Trinajstić information content (AvgIpc) is 3.02. The summed E-state index contributed by atoms with van der Waals surface area (Å²) in [6.45, 7) is 0. The van der Waals surface area contributed by atoms with Crippen molar-refractivity contribution in [2.24, 2.45) is 0 Å². The number of likely N-dealkylation sites (N-methyl/N-ethyl adjacent to an activating group) is 1. The summed E-state index contributed by atoms with van der Waals surface area (Å²) in [6, 6.07) is 14.8. The summed E-state index contributed by atoms with van der Waals surface area (Å²) in [6.07, 6.45) is -1.14. The van der Waals surface area contributed by atoms with Crippen molar-refractivity contribution in [3.8, 4) is 5.75 Å². The number of anilines is 1. The van der Waals surface area contributed by atoms with E-state index in [1.807, 2.05) is 42.5 Å². The van der Waals surface area contributed by atoms with Gasteiger partial charge in [-0.1, -0.05) is 41.9 Å². The third-order valence-corrected chi connectivity index (χ3v) is 4.34. The molecule has 1 spiro atoms. The maximum absolute atomic E-state index is 12.1. The van der Waals surface area contributed by atoms with Crippen LogP contribution in [0.2, 0.25) is 5.02 Å². The molecule has 2 heterocycles. The zero-order valence-corrected chi connectivity index (χ0v) is 12.5. The van der Waals surface area contributed by atoms with E-state index in [4.69, 9.17) is 21.1 Å². The number of halogens is 1. The Morgan fingerprint density at radius 2 is 1.91 bits per heavy atom. The number of hydrogen-bond donors (Lipinski definition) is 1. The summed E-state index contributed by atoms with van der Waals surface area (Å²) >= 11 is 6.28. The van der Waals surface area contributed by atoms with E-state index in [0.29, 0.717) is 16.3 Å². The fourth-order valence-corrected chi connectivity index (χ4v) is 3.08. The number of benzene rings is 2. The Bertz CT molecular complexity index is 740. The summed E-state index contributed by atoms with van der Waals surface area (Å²) in [7, 11) is 1.64. The first-order valence-electron chi connectivity index (χ1n) is 6.87. The van der Waals surface area contributed by atoms with Crippen LogP contribution in [-0.2, 0) is 4.74 Å². The fourth-order valence-electron chi connectivity index (χ4n) is 2.85. The molecule has 22 heavy (non-hydrogen) atoms. The van der Waals surface area contributed by atoms with Crippen LogP contribution in [-0.4, -0.2) is 23.9 Å². The van der Waals surface area contributed by atoms with Gasteiger partial charge < -0.3 is 14.8 Å². The van der Waals surface area contributed by atoms with Gasteiger partial charge in [-0.2, -0.15) is 0 Å². The standard InChI is InChI=1S/C16H13ClN2O3/c1-19-15(20)21-14(10-6-2-3-7-11(10)17)16(19)18-12-8-4-5-9-13(12)22-16/h2-9,14,18H,1H3. The minimum atomic E-state index is -1.13. The molecule has 1 N–H and O–H groups in total. The SMILES string of the molecule is CN1C(=O)OC(c2ccccc2Cl)C12Nc1ccccc1O2. The van der Waals surface area contributed by atoms with Crippen molar-refractivity contribution in [2.75, 3.05) is 12.4 Å². The number of para-hydroxylation sites is 2. The maximum atomic E-state index is 12.1. The van der Waals surface area contributed by atoms with Crippen molar-refractivity contribution in [3.05, 3.63) is 59.1 Å². The minimum absolute atomic E-state index is 0.467. The molecule has 2 aliphatic rings. The first-order chi connectivity index (χ1) is 10.6. The summed E-state index contributed by atoms with van der Waals surface area (Å²) in [4.78, 5) is 13.5. The van der Waals surface area contributed by atoms with Crippen molar-refractivity contribution in [2.45, 2.75) is 12.0 Å². The zero-order valence-electron chi connectivity index (χ0n) is 11.7. The number of hydrogen-bond acceptors (Lipinski definition) is 4. The predicted molar refractivity (Wildman–Crippen MR) is 81.9 cm³/mol. The Morgan fingerprint density at radius 1 is 1.18 bits per heavy atom. The van der Waals surface area contributed by atoms with Gasteiger partial charge in [0.25, 0.3) is 0 Å². The summed E-state index contributed by atoms with van der Waals surface area (Å²) in [5.74, 6) is -0.462. The van der Waals surface area contributed by atoms with Crippen LogP contribution >= 0.6 is 11.6 Å². The number of carbonyl (C=O) groups excluding carboxylic acids is 1. The van der Waals surface area contributed by atoms with Crippen LogP contribution in [0.5, 0.6) is 5.75 Å². The number of ether oxygens (including phenoxy) is 2. The van der Waals surface area contributed by atoms with Gasteiger partial charge in [0.2, 0.25) is 6.10 Å². The Morgan fingerprint density at radius 3 is 2.68 bits per heavy atom. The number of cyclic esters (lactones) is 1. The Hall–Kier alpha value is -2.40. The number of fused-ring (bicyclic) bond motifs is 1. The van der Waals surface area contributed by atoms with Crippen LogP contribution in [0, 0.1) is 0 Å². The maximum Gasteiger partial charge on any atom is 0.415 e. The quantitative estimate of drug-likeness (QED) is 0.873. The third-order valence-electron chi connectivity index (χ3n) is 4.00. The molecule has 6 heteroatoms.